The van der Waals surface area contributed by atoms with Crippen molar-refractivity contribution in [2.75, 3.05) is 6.61 Å². The third-order valence-electron chi connectivity index (χ3n) is 3.06. The van der Waals surface area contributed by atoms with Crippen LogP contribution in [-0.4, -0.2) is 35.1 Å². The summed E-state index contributed by atoms with van der Waals surface area (Å²) < 4.78 is 5.43. The van der Waals surface area contributed by atoms with Crippen LogP contribution in [0, 0.1) is 11.8 Å². The molecule has 1 heterocycles. The number of ether oxygens (including phenoxy) is 1. The van der Waals surface area contributed by atoms with Gasteiger partial charge in [0.05, 0.1) is 18.8 Å². The molecule has 1 rings (SSSR count). The van der Waals surface area contributed by atoms with Crippen molar-refractivity contribution >= 4 is 0 Å². The van der Waals surface area contributed by atoms with Crippen molar-refractivity contribution < 1.29 is 14.9 Å². The second-order valence-corrected chi connectivity index (χ2v) is 3.77. The van der Waals surface area contributed by atoms with E-state index in [-0.39, 0.29) is 18.6 Å². The first-order chi connectivity index (χ1) is 5.57. The first kappa shape index (κ1) is 9.96. The van der Waals surface area contributed by atoms with Gasteiger partial charge in [-0.05, 0) is 18.8 Å². The summed E-state index contributed by atoms with van der Waals surface area (Å²) in [4.78, 5) is 0. The molecule has 1 aliphatic heterocycles. The van der Waals surface area contributed by atoms with Crippen LogP contribution < -0.4 is 0 Å². The third kappa shape index (κ3) is 1.63. The average molecular weight is 174 g/mol. The molecule has 0 bridgehead atoms. The molecule has 1 aliphatic rings. The fourth-order valence-electron chi connectivity index (χ4n) is 1.71. The van der Waals surface area contributed by atoms with Crippen LogP contribution in [0.4, 0.5) is 0 Å². The van der Waals surface area contributed by atoms with Gasteiger partial charge >= 0.3 is 0 Å². The van der Waals surface area contributed by atoms with Crippen LogP contribution in [0.1, 0.15) is 20.8 Å². The maximum atomic E-state index is 9.64. The molecule has 0 aliphatic carbocycles. The number of aliphatic hydroxyl groups excluding tert-OH is 2. The second kappa shape index (κ2) is 3.73. The molecule has 0 spiro atoms. The molecule has 1 saturated heterocycles. The fraction of sp³-hybridized carbons (Fsp3) is 1.00. The van der Waals surface area contributed by atoms with Crippen molar-refractivity contribution in [1.82, 2.24) is 0 Å². The molecule has 0 radical (unpaired) electrons. The summed E-state index contributed by atoms with van der Waals surface area (Å²) in [5, 5.41) is 18.5. The molecule has 12 heavy (non-hydrogen) atoms. The average Bonchev–Trinajstić information content (AvgIpc) is 2.08. The van der Waals surface area contributed by atoms with Crippen molar-refractivity contribution in [3.63, 3.8) is 0 Å². The predicted octanol–water partition coefficient (Wildman–Crippen LogP) is 0.399. The summed E-state index contributed by atoms with van der Waals surface area (Å²) in [7, 11) is 0. The largest absolute Gasteiger partial charge is 0.394 e. The Kier molecular flexibility index (Phi) is 3.09. The summed E-state index contributed by atoms with van der Waals surface area (Å²) in [5.74, 6) is 0.550. The van der Waals surface area contributed by atoms with Crippen LogP contribution in [0.15, 0.2) is 0 Å². The Morgan fingerprint density at radius 3 is 2.25 bits per heavy atom. The molecule has 5 atom stereocenters. The van der Waals surface area contributed by atoms with Gasteiger partial charge in [0.15, 0.2) is 0 Å². The van der Waals surface area contributed by atoms with E-state index in [4.69, 9.17) is 9.84 Å². The lowest BCUT2D eigenvalue weighted by Crippen LogP contribution is -2.49. The molecule has 0 amide bonds. The van der Waals surface area contributed by atoms with Crippen LogP contribution in [-0.2, 0) is 4.74 Å². The van der Waals surface area contributed by atoms with Gasteiger partial charge in [-0.1, -0.05) is 13.8 Å². The molecule has 2 unspecified atom stereocenters. The molecular weight excluding hydrogens is 156 g/mol. The van der Waals surface area contributed by atoms with E-state index < -0.39 is 12.2 Å². The Hall–Kier alpha value is -0.120. The first-order valence-corrected chi connectivity index (χ1v) is 4.52. The summed E-state index contributed by atoms with van der Waals surface area (Å²) in [6.45, 7) is 5.95. The van der Waals surface area contributed by atoms with Crippen molar-refractivity contribution in [2.24, 2.45) is 11.8 Å². The molecule has 72 valence electrons. The van der Waals surface area contributed by atoms with E-state index >= 15 is 0 Å². The number of hydrogen-bond donors (Lipinski definition) is 2. The van der Waals surface area contributed by atoms with E-state index in [1.807, 2.05) is 13.8 Å². The third-order valence-corrected chi connectivity index (χ3v) is 3.06. The molecule has 1 fully saturated rings. The molecule has 2 N–H and O–H groups in total. The molecular formula is C9H18O3. The molecule has 0 saturated carbocycles. The van der Waals surface area contributed by atoms with E-state index in [1.54, 1.807) is 0 Å². The molecule has 0 aromatic rings. The minimum absolute atomic E-state index is 0.0947. The highest BCUT2D eigenvalue weighted by atomic mass is 16.5. The SMILES string of the molecule is CC1[C@H](C)OC(CO)[C@H](O)[C@@H]1C. The standard InChI is InChI=1S/C9H18O3/c1-5-6(2)9(11)8(4-10)12-7(5)3/h5-11H,4H2,1-3H3/t5?,6-,7+,8?,9-/m1/s1. The smallest absolute Gasteiger partial charge is 0.107 e. The van der Waals surface area contributed by atoms with E-state index in [0.29, 0.717) is 5.92 Å². The van der Waals surface area contributed by atoms with E-state index in [0.717, 1.165) is 0 Å². The van der Waals surface area contributed by atoms with Crippen LogP contribution in [0.5, 0.6) is 0 Å². The zero-order valence-electron chi connectivity index (χ0n) is 7.90. The number of aliphatic hydroxyl groups is 2. The van der Waals surface area contributed by atoms with Gasteiger partial charge in [-0.25, -0.2) is 0 Å². The Balaban J connectivity index is 2.63. The molecule has 0 aromatic carbocycles. The number of rotatable bonds is 1. The Labute approximate surface area is 73.4 Å². The van der Waals surface area contributed by atoms with Crippen LogP contribution in [0.2, 0.25) is 0 Å². The highest BCUT2D eigenvalue weighted by molar-refractivity contribution is 4.85. The maximum absolute atomic E-state index is 9.64. The first-order valence-electron chi connectivity index (χ1n) is 4.52. The predicted molar refractivity (Wildman–Crippen MR) is 45.8 cm³/mol. The Morgan fingerprint density at radius 1 is 1.17 bits per heavy atom. The minimum Gasteiger partial charge on any atom is -0.394 e. The minimum atomic E-state index is -0.527. The molecule has 3 heteroatoms. The van der Waals surface area contributed by atoms with Gasteiger partial charge in [-0.15, -0.1) is 0 Å². The Bertz CT molecular complexity index is 144. The summed E-state index contributed by atoms with van der Waals surface area (Å²) in [6.07, 6.45) is -0.798. The van der Waals surface area contributed by atoms with Crippen molar-refractivity contribution in [3.8, 4) is 0 Å². The monoisotopic (exact) mass is 174 g/mol. The highest BCUT2D eigenvalue weighted by Crippen LogP contribution is 2.29. The quantitative estimate of drug-likeness (QED) is 0.605. The lowest BCUT2D eigenvalue weighted by atomic mass is 9.82. The Morgan fingerprint density at radius 2 is 1.75 bits per heavy atom. The van der Waals surface area contributed by atoms with E-state index in [2.05, 4.69) is 6.92 Å². The van der Waals surface area contributed by atoms with Gasteiger partial charge in [-0.2, -0.15) is 0 Å². The van der Waals surface area contributed by atoms with Crippen LogP contribution >= 0.6 is 0 Å². The van der Waals surface area contributed by atoms with Crippen molar-refractivity contribution in [3.05, 3.63) is 0 Å². The van der Waals surface area contributed by atoms with E-state index in [1.165, 1.54) is 0 Å². The van der Waals surface area contributed by atoms with Gasteiger partial charge in [0.2, 0.25) is 0 Å². The van der Waals surface area contributed by atoms with Gasteiger partial charge in [0.1, 0.15) is 6.10 Å². The zero-order valence-corrected chi connectivity index (χ0v) is 7.90. The zero-order chi connectivity index (χ0) is 9.30. The maximum Gasteiger partial charge on any atom is 0.107 e. The molecule has 3 nitrogen and oxygen atoms in total. The van der Waals surface area contributed by atoms with Crippen molar-refractivity contribution in [1.29, 1.82) is 0 Å². The fourth-order valence-corrected chi connectivity index (χ4v) is 1.71. The highest BCUT2D eigenvalue weighted by Gasteiger charge is 2.37. The van der Waals surface area contributed by atoms with Gasteiger partial charge in [0, 0.05) is 0 Å². The van der Waals surface area contributed by atoms with Gasteiger partial charge in [0.25, 0.3) is 0 Å². The lowest BCUT2D eigenvalue weighted by Gasteiger charge is -2.40. The van der Waals surface area contributed by atoms with Gasteiger partial charge in [-0.3, -0.25) is 0 Å². The summed E-state index contributed by atoms with van der Waals surface area (Å²) >= 11 is 0. The van der Waals surface area contributed by atoms with Crippen LogP contribution in [0.25, 0.3) is 0 Å². The second-order valence-electron chi connectivity index (χ2n) is 3.77. The summed E-state index contributed by atoms with van der Waals surface area (Å²) in [6, 6.07) is 0. The summed E-state index contributed by atoms with van der Waals surface area (Å²) in [5.41, 5.74) is 0. The topological polar surface area (TPSA) is 49.7 Å². The van der Waals surface area contributed by atoms with Crippen LogP contribution in [0.3, 0.4) is 0 Å². The molecule has 0 aromatic heterocycles. The van der Waals surface area contributed by atoms with Gasteiger partial charge < -0.3 is 14.9 Å². The van der Waals surface area contributed by atoms with E-state index in [9.17, 15) is 5.11 Å². The van der Waals surface area contributed by atoms with Crippen molar-refractivity contribution in [2.45, 2.75) is 39.1 Å². The number of hydrogen-bond acceptors (Lipinski definition) is 3. The lowest BCUT2D eigenvalue weighted by molar-refractivity contribution is -0.174. The normalized spacial score (nSPS) is 49.2.